The number of hydrogen-bond acceptors (Lipinski definition) is 3. The van der Waals surface area contributed by atoms with E-state index in [-0.39, 0.29) is 6.10 Å². The van der Waals surface area contributed by atoms with Crippen molar-refractivity contribution in [2.75, 3.05) is 6.54 Å². The normalized spacial score (nSPS) is 27.2. The summed E-state index contributed by atoms with van der Waals surface area (Å²) in [5.74, 6) is 0. The van der Waals surface area contributed by atoms with Crippen LogP contribution in [0.2, 0.25) is 0 Å². The van der Waals surface area contributed by atoms with Gasteiger partial charge in [-0.25, -0.2) is 0 Å². The highest BCUT2D eigenvalue weighted by Crippen LogP contribution is 2.07. The highest BCUT2D eigenvalue weighted by atomic mass is 16.6. The van der Waals surface area contributed by atoms with Gasteiger partial charge in [-0.2, -0.15) is 0 Å². The van der Waals surface area contributed by atoms with Gasteiger partial charge in [0.25, 0.3) is 0 Å². The van der Waals surface area contributed by atoms with Gasteiger partial charge in [-0.05, 0) is 6.92 Å². The largest absolute Gasteiger partial charge is 0.392 e. The zero-order chi connectivity index (χ0) is 5.98. The van der Waals surface area contributed by atoms with Crippen LogP contribution in [0.1, 0.15) is 13.3 Å². The minimum absolute atomic E-state index is 0.244. The maximum atomic E-state index is 5.29. The molecule has 0 amide bonds. The fraction of sp³-hybridized carbons (Fsp3) is 0.800. The van der Waals surface area contributed by atoms with Gasteiger partial charge in [-0.15, -0.1) is 0 Å². The molecule has 1 heterocycles. The van der Waals surface area contributed by atoms with Gasteiger partial charge >= 0.3 is 0 Å². The molecule has 0 aliphatic carbocycles. The third kappa shape index (κ3) is 0.980. The maximum absolute atomic E-state index is 5.29. The van der Waals surface area contributed by atoms with Crippen molar-refractivity contribution in [3.63, 3.8) is 0 Å². The summed E-state index contributed by atoms with van der Waals surface area (Å²) in [6.45, 7) is 2.51. The zero-order valence-corrected chi connectivity index (χ0v) is 4.92. The summed E-state index contributed by atoms with van der Waals surface area (Å²) in [7, 11) is 0. The van der Waals surface area contributed by atoms with Crippen LogP contribution in [0.15, 0.2) is 5.16 Å². The van der Waals surface area contributed by atoms with E-state index in [1.165, 1.54) is 0 Å². The van der Waals surface area contributed by atoms with Crippen LogP contribution >= 0.6 is 0 Å². The molecule has 1 rings (SSSR count). The van der Waals surface area contributed by atoms with Gasteiger partial charge in [-0.3, -0.25) is 0 Å². The van der Waals surface area contributed by atoms with Crippen molar-refractivity contribution >= 4 is 5.71 Å². The molecule has 0 saturated heterocycles. The second-order valence-electron chi connectivity index (χ2n) is 1.98. The van der Waals surface area contributed by atoms with Crippen molar-refractivity contribution < 1.29 is 4.84 Å². The minimum atomic E-state index is 0.244. The molecular formula is C5H10N2O. The second-order valence-corrected chi connectivity index (χ2v) is 1.98. The monoisotopic (exact) mass is 114 g/mol. The van der Waals surface area contributed by atoms with Crippen LogP contribution in [0.25, 0.3) is 0 Å². The maximum Gasteiger partial charge on any atom is 0.130 e. The van der Waals surface area contributed by atoms with Crippen LogP contribution in [0, 0.1) is 0 Å². The van der Waals surface area contributed by atoms with E-state index in [9.17, 15) is 0 Å². The Bertz CT molecular complexity index is 111. The molecule has 3 nitrogen and oxygen atoms in total. The lowest BCUT2D eigenvalue weighted by Crippen LogP contribution is -2.12. The predicted octanol–water partition coefficient (Wildman–Crippen LogP) is 0.110. The van der Waals surface area contributed by atoms with E-state index in [4.69, 9.17) is 10.6 Å². The summed E-state index contributed by atoms with van der Waals surface area (Å²) in [4.78, 5) is 4.86. The Morgan fingerprint density at radius 1 is 2.00 bits per heavy atom. The molecule has 2 N–H and O–H groups in total. The molecule has 1 aliphatic heterocycles. The lowest BCUT2D eigenvalue weighted by Gasteiger charge is -1.94. The quantitative estimate of drug-likeness (QED) is 0.526. The number of nitrogens with zero attached hydrogens (tertiary/aromatic N) is 1. The van der Waals surface area contributed by atoms with E-state index in [1.54, 1.807) is 0 Å². The molecule has 1 atom stereocenters. The van der Waals surface area contributed by atoms with Crippen LogP contribution in [0.5, 0.6) is 0 Å². The number of oxime groups is 1. The van der Waals surface area contributed by atoms with Crippen LogP contribution in [-0.2, 0) is 4.84 Å². The average Bonchev–Trinajstić information content (AvgIpc) is 2.14. The van der Waals surface area contributed by atoms with Gasteiger partial charge < -0.3 is 10.6 Å². The van der Waals surface area contributed by atoms with Gasteiger partial charge in [0.15, 0.2) is 0 Å². The van der Waals surface area contributed by atoms with Crippen LogP contribution in [-0.4, -0.2) is 18.4 Å². The molecular weight excluding hydrogens is 104 g/mol. The fourth-order valence-corrected chi connectivity index (χ4v) is 0.691. The Hall–Kier alpha value is -0.570. The third-order valence-corrected chi connectivity index (χ3v) is 1.12. The van der Waals surface area contributed by atoms with Crippen LogP contribution in [0.4, 0.5) is 0 Å². The Balaban J connectivity index is 2.37. The summed E-state index contributed by atoms with van der Waals surface area (Å²) in [5.41, 5.74) is 6.26. The topological polar surface area (TPSA) is 47.6 Å². The molecule has 46 valence electrons. The molecule has 0 aromatic carbocycles. The van der Waals surface area contributed by atoms with E-state index in [1.807, 2.05) is 6.92 Å². The Morgan fingerprint density at radius 3 is 3.00 bits per heavy atom. The van der Waals surface area contributed by atoms with E-state index >= 15 is 0 Å². The predicted molar refractivity (Wildman–Crippen MR) is 31.7 cm³/mol. The van der Waals surface area contributed by atoms with Gasteiger partial charge in [0.05, 0.1) is 5.71 Å². The number of nitrogens with two attached hydrogens (primary N) is 1. The van der Waals surface area contributed by atoms with Gasteiger partial charge in [0.1, 0.15) is 6.10 Å². The molecule has 8 heavy (non-hydrogen) atoms. The fourth-order valence-electron chi connectivity index (χ4n) is 0.691. The van der Waals surface area contributed by atoms with E-state index in [0.717, 1.165) is 12.1 Å². The summed E-state index contributed by atoms with van der Waals surface area (Å²) in [6, 6.07) is 0. The van der Waals surface area contributed by atoms with Crippen LogP contribution in [0.3, 0.4) is 0 Å². The molecule has 3 heteroatoms. The Kier molecular flexibility index (Phi) is 1.48. The summed E-state index contributed by atoms with van der Waals surface area (Å²) >= 11 is 0. The van der Waals surface area contributed by atoms with Gasteiger partial charge in [0.2, 0.25) is 0 Å². The molecule has 0 aromatic rings. The molecule has 1 aliphatic rings. The van der Waals surface area contributed by atoms with E-state index < -0.39 is 0 Å². The zero-order valence-electron chi connectivity index (χ0n) is 4.92. The molecule has 0 saturated carbocycles. The smallest absolute Gasteiger partial charge is 0.130 e. The summed E-state index contributed by atoms with van der Waals surface area (Å²) in [6.07, 6.45) is 1.14. The van der Waals surface area contributed by atoms with Crippen LogP contribution < -0.4 is 5.73 Å². The summed E-state index contributed by atoms with van der Waals surface area (Å²) in [5, 5.41) is 3.73. The molecule has 1 unspecified atom stereocenters. The summed E-state index contributed by atoms with van der Waals surface area (Å²) < 4.78 is 0. The van der Waals surface area contributed by atoms with Crippen molar-refractivity contribution in [2.45, 2.75) is 19.4 Å². The highest BCUT2D eigenvalue weighted by Gasteiger charge is 2.13. The first kappa shape index (κ1) is 5.56. The number of hydrogen-bond donors (Lipinski definition) is 1. The van der Waals surface area contributed by atoms with E-state index in [2.05, 4.69) is 5.16 Å². The first-order chi connectivity index (χ1) is 3.83. The van der Waals surface area contributed by atoms with Crippen molar-refractivity contribution in [3.05, 3.63) is 0 Å². The van der Waals surface area contributed by atoms with Crippen molar-refractivity contribution in [1.82, 2.24) is 0 Å². The van der Waals surface area contributed by atoms with Crippen molar-refractivity contribution in [2.24, 2.45) is 10.9 Å². The molecule has 0 aromatic heterocycles. The van der Waals surface area contributed by atoms with Gasteiger partial charge in [0, 0.05) is 13.0 Å². The average molecular weight is 114 g/mol. The Morgan fingerprint density at radius 2 is 2.75 bits per heavy atom. The molecule has 0 fully saturated rings. The van der Waals surface area contributed by atoms with Crippen molar-refractivity contribution in [1.29, 1.82) is 0 Å². The Labute approximate surface area is 48.5 Å². The molecule has 0 spiro atoms. The lowest BCUT2D eigenvalue weighted by molar-refractivity contribution is 0.0995. The SMILES string of the molecule is CC1CC(CN)=NO1. The second kappa shape index (κ2) is 2.13. The third-order valence-electron chi connectivity index (χ3n) is 1.12. The lowest BCUT2D eigenvalue weighted by atomic mass is 10.2. The standard InChI is InChI=1S/C5H10N2O/c1-4-2-5(3-6)7-8-4/h4H,2-3,6H2,1H3. The van der Waals surface area contributed by atoms with Gasteiger partial charge in [-0.1, -0.05) is 5.16 Å². The first-order valence-corrected chi connectivity index (χ1v) is 2.74. The first-order valence-electron chi connectivity index (χ1n) is 2.74. The molecule has 0 radical (unpaired) electrons. The van der Waals surface area contributed by atoms with Crippen molar-refractivity contribution in [3.8, 4) is 0 Å². The molecule has 0 bridgehead atoms. The number of rotatable bonds is 1. The van der Waals surface area contributed by atoms with E-state index in [0.29, 0.717) is 6.54 Å². The minimum Gasteiger partial charge on any atom is -0.392 e. The highest BCUT2D eigenvalue weighted by molar-refractivity contribution is 5.86.